The number of anilines is 1. The van der Waals surface area contributed by atoms with Crippen LogP contribution in [0.5, 0.6) is 0 Å². The molecule has 0 heterocycles. The van der Waals surface area contributed by atoms with Gasteiger partial charge in [-0.15, -0.1) is 0 Å². The first-order chi connectivity index (χ1) is 12.0. The van der Waals surface area contributed by atoms with Crippen LogP contribution < -0.4 is 10.7 Å². The van der Waals surface area contributed by atoms with Gasteiger partial charge >= 0.3 is 0 Å². The fourth-order valence-corrected chi connectivity index (χ4v) is 2.49. The highest BCUT2D eigenvalue weighted by Crippen LogP contribution is 2.11. The third kappa shape index (κ3) is 7.47. The van der Waals surface area contributed by atoms with Gasteiger partial charge in [0.15, 0.2) is 0 Å². The largest absolute Gasteiger partial charge is 0.326 e. The summed E-state index contributed by atoms with van der Waals surface area (Å²) in [7, 11) is 0. The second-order valence-corrected chi connectivity index (χ2v) is 6.85. The van der Waals surface area contributed by atoms with Crippen LogP contribution in [0.3, 0.4) is 0 Å². The first-order valence-corrected chi connectivity index (χ1v) is 9.02. The third-order valence-electron chi connectivity index (χ3n) is 3.38. The van der Waals surface area contributed by atoms with Gasteiger partial charge in [0.05, 0.1) is 0 Å². The molecule has 0 saturated carbocycles. The van der Waals surface area contributed by atoms with Crippen molar-refractivity contribution in [1.29, 1.82) is 0 Å². The monoisotopic (exact) mass is 449 g/mol. The molecule has 130 valence electrons. The zero-order chi connectivity index (χ0) is 18.1. The minimum Gasteiger partial charge on any atom is -0.326 e. The van der Waals surface area contributed by atoms with E-state index in [0.717, 1.165) is 20.5 Å². The summed E-state index contributed by atoms with van der Waals surface area (Å²) in [5.74, 6) is -0.466. The number of nitrogens with zero attached hydrogens (tertiary/aromatic N) is 1. The summed E-state index contributed by atoms with van der Waals surface area (Å²) < 4.78 is 1.10. The molecule has 0 fully saturated rings. The molecule has 2 rings (SSSR count). The predicted octanol–water partition coefficient (Wildman–Crippen LogP) is 3.74. The van der Waals surface area contributed by atoms with Crippen molar-refractivity contribution >= 4 is 45.8 Å². The Labute approximate surface area is 161 Å². The number of benzene rings is 2. The van der Waals surface area contributed by atoms with Crippen LogP contribution in [0.1, 0.15) is 25.3 Å². The summed E-state index contributed by atoms with van der Waals surface area (Å²) in [6.07, 6.45) is 0.887. The molecule has 0 aliphatic heterocycles. The number of hydrogen-bond acceptors (Lipinski definition) is 3. The standard InChI is InChI=1S/C19H20IN3O2/c1-14(13-15-5-3-2-4-6-15)22-23-19(25)12-11-18(24)21-17-9-7-16(20)8-10-17/h2-10H,11-13H2,1H3,(H,21,24)(H,23,25)/b22-14+. The topological polar surface area (TPSA) is 70.6 Å². The number of amides is 2. The van der Waals surface area contributed by atoms with Crippen molar-refractivity contribution in [1.82, 2.24) is 5.43 Å². The third-order valence-corrected chi connectivity index (χ3v) is 4.10. The molecule has 25 heavy (non-hydrogen) atoms. The van der Waals surface area contributed by atoms with E-state index in [1.54, 1.807) is 0 Å². The zero-order valence-electron chi connectivity index (χ0n) is 14.0. The lowest BCUT2D eigenvalue weighted by Gasteiger charge is -2.05. The summed E-state index contributed by atoms with van der Waals surface area (Å²) in [5.41, 5.74) is 5.16. The molecule has 2 amide bonds. The van der Waals surface area contributed by atoms with Gasteiger partial charge in [0.1, 0.15) is 0 Å². The Morgan fingerprint density at radius 1 is 0.960 bits per heavy atom. The summed E-state index contributed by atoms with van der Waals surface area (Å²) in [4.78, 5) is 23.7. The Balaban J connectivity index is 1.71. The lowest BCUT2D eigenvalue weighted by Crippen LogP contribution is -2.22. The Morgan fingerprint density at radius 3 is 2.28 bits per heavy atom. The van der Waals surface area contributed by atoms with Gasteiger partial charge in [0.2, 0.25) is 11.8 Å². The quantitative estimate of drug-likeness (QED) is 0.384. The van der Waals surface area contributed by atoms with Crippen LogP contribution in [-0.4, -0.2) is 17.5 Å². The summed E-state index contributed by atoms with van der Waals surface area (Å²) in [6, 6.07) is 17.4. The van der Waals surface area contributed by atoms with Crippen molar-refractivity contribution in [2.75, 3.05) is 5.32 Å². The Bertz CT molecular complexity index is 743. The van der Waals surface area contributed by atoms with Crippen molar-refractivity contribution in [2.24, 2.45) is 5.10 Å². The predicted molar refractivity (Wildman–Crippen MR) is 108 cm³/mol. The molecule has 0 aliphatic carbocycles. The van der Waals surface area contributed by atoms with Crippen LogP contribution >= 0.6 is 22.6 Å². The highest BCUT2D eigenvalue weighted by Gasteiger charge is 2.07. The normalized spacial score (nSPS) is 11.0. The Morgan fingerprint density at radius 2 is 1.60 bits per heavy atom. The van der Waals surface area contributed by atoms with Crippen LogP contribution in [0.25, 0.3) is 0 Å². The van der Waals surface area contributed by atoms with Gasteiger partial charge in [-0.25, -0.2) is 5.43 Å². The lowest BCUT2D eigenvalue weighted by molar-refractivity contribution is -0.124. The molecule has 0 saturated heterocycles. The SMILES string of the molecule is C/C(Cc1ccccc1)=N\NC(=O)CCC(=O)Nc1ccc(I)cc1. The smallest absolute Gasteiger partial charge is 0.240 e. The summed E-state index contributed by atoms with van der Waals surface area (Å²) in [6.45, 7) is 1.86. The molecule has 0 aromatic heterocycles. The molecule has 0 radical (unpaired) electrons. The minimum absolute atomic E-state index is 0.0956. The van der Waals surface area contributed by atoms with Crippen LogP contribution in [0.15, 0.2) is 59.7 Å². The number of nitrogens with one attached hydrogen (secondary N) is 2. The van der Waals surface area contributed by atoms with E-state index >= 15 is 0 Å². The lowest BCUT2D eigenvalue weighted by atomic mass is 10.1. The fourth-order valence-electron chi connectivity index (χ4n) is 2.13. The van der Waals surface area contributed by atoms with E-state index in [1.807, 2.05) is 61.5 Å². The highest BCUT2D eigenvalue weighted by molar-refractivity contribution is 14.1. The molecular weight excluding hydrogens is 429 g/mol. The second-order valence-electron chi connectivity index (χ2n) is 5.60. The second kappa shape index (κ2) is 9.93. The van der Waals surface area contributed by atoms with E-state index in [0.29, 0.717) is 6.42 Å². The van der Waals surface area contributed by atoms with Crippen LogP contribution in [0.4, 0.5) is 5.69 Å². The van der Waals surface area contributed by atoms with Gasteiger partial charge in [-0.1, -0.05) is 30.3 Å². The van der Waals surface area contributed by atoms with Crippen molar-refractivity contribution < 1.29 is 9.59 Å². The zero-order valence-corrected chi connectivity index (χ0v) is 16.1. The number of hydrogen-bond donors (Lipinski definition) is 2. The maximum Gasteiger partial charge on any atom is 0.240 e. The molecule has 0 aliphatic rings. The van der Waals surface area contributed by atoms with E-state index in [4.69, 9.17) is 0 Å². The van der Waals surface area contributed by atoms with Crippen molar-refractivity contribution in [3.63, 3.8) is 0 Å². The molecular formula is C19H20IN3O2. The number of carbonyl (C=O) groups excluding carboxylic acids is 2. The molecule has 2 N–H and O–H groups in total. The molecule has 0 unspecified atom stereocenters. The van der Waals surface area contributed by atoms with Gasteiger partial charge in [-0.05, 0) is 59.3 Å². The molecule has 6 heteroatoms. The molecule has 2 aromatic carbocycles. The number of rotatable bonds is 7. The number of carbonyl (C=O) groups is 2. The van der Waals surface area contributed by atoms with Crippen LogP contribution in [0.2, 0.25) is 0 Å². The fraction of sp³-hybridized carbons (Fsp3) is 0.211. The average molecular weight is 449 g/mol. The van der Waals surface area contributed by atoms with Gasteiger partial charge in [-0.2, -0.15) is 5.10 Å². The van der Waals surface area contributed by atoms with Gasteiger partial charge < -0.3 is 5.32 Å². The first-order valence-electron chi connectivity index (χ1n) is 7.94. The van der Waals surface area contributed by atoms with Crippen molar-refractivity contribution in [3.8, 4) is 0 Å². The molecule has 0 atom stereocenters. The van der Waals surface area contributed by atoms with Gasteiger partial charge in [-0.3, -0.25) is 9.59 Å². The molecule has 2 aromatic rings. The summed E-state index contributed by atoms with van der Waals surface area (Å²) >= 11 is 2.20. The Hall–Kier alpha value is -2.22. The van der Waals surface area contributed by atoms with E-state index in [-0.39, 0.29) is 24.7 Å². The van der Waals surface area contributed by atoms with Gasteiger partial charge in [0, 0.05) is 34.2 Å². The maximum absolute atomic E-state index is 11.9. The average Bonchev–Trinajstić information content (AvgIpc) is 2.61. The van der Waals surface area contributed by atoms with Crippen molar-refractivity contribution in [3.05, 3.63) is 63.7 Å². The van der Waals surface area contributed by atoms with E-state index in [2.05, 4.69) is 38.4 Å². The maximum atomic E-state index is 11.9. The molecule has 0 bridgehead atoms. The first kappa shape index (κ1) is 19.1. The number of hydrazone groups is 1. The minimum atomic E-state index is -0.273. The molecule has 5 nitrogen and oxygen atoms in total. The highest BCUT2D eigenvalue weighted by atomic mass is 127. The van der Waals surface area contributed by atoms with Gasteiger partial charge in [0.25, 0.3) is 0 Å². The Kier molecular flexibility index (Phi) is 7.59. The van der Waals surface area contributed by atoms with E-state index in [1.165, 1.54) is 0 Å². The van der Waals surface area contributed by atoms with E-state index in [9.17, 15) is 9.59 Å². The molecule has 0 spiro atoms. The summed E-state index contributed by atoms with van der Waals surface area (Å²) in [5, 5.41) is 6.84. The van der Waals surface area contributed by atoms with Crippen LogP contribution in [-0.2, 0) is 16.0 Å². The van der Waals surface area contributed by atoms with Crippen LogP contribution in [0, 0.1) is 3.57 Å². The van der Waals surface area contributed by atoms with E-state index < -0.39 is 0 Å². The van der Waals surface area contributed by atoms with Crippen molar-refractivity contribution in [2.45, 2.75) is 26.2 Å². The number of halogens is 1.